The second kappa shape index (κ2) is 6.83. The number of rotatable bonds is 6. The Morgan fingerprint density at radius 1 is 1.38 bits per heavy atom. The Bertz CT molecular complexity index is 223. The lowest BCUT2D eigenvalue weighted by atomic mass is 10.1. The number of amides is 1. The molecule has 1 saturated heterocycles. The van der Waals surface area contributed by atoms with Gasteiger partial charge in [-0.25, -0.2) is 0 Å². The molecule has 0 radical (unpaired) electrons. The lowest BCUT2D eigenvalue weighted by Gasteiger charge is -2.22. The van der Waals surface area contributed by atoms with Crippen LogP contribution >= 0.6 is 0 Å². The van der Waals surface area contributed by atoms with Crippen LogP contribution < -0.4 is 5.73 Å². The third-order valence-electron chi connectivity index (χ3n) is 3.02. The number of likely N-dealkylation sites (tertiary alicyclic amines) is 1. The first-order valence-corrected chi connectivity index (χ1v) is 5.97. The van der Waals surface area contributed by atoms with Crippen molar-refractivity contribution in [3.8, 4) is 0 Å². The van der Waals surface area contributed by atoms with Crippen molar-refractivity contribution in [3.05, 3.63) is 0 Å². The van der Waals surface area contributed by atoms with Crippen LogP contribution in [0.5, 0.6) is 0 Å². The van der Waals surface area contributed by atoms with E-state index in [9.17, 15) is 9.90 Å². The van der Waals surface area contributed by atoms with Gasteiger partial charge in [-0.1, -0.05) is 6.42 Å². The zero-order valence-electron chi connectivity index (χ0n) is 9.64. The van der Waals surface area contributed by atoms with Gasteiger partial charge in [0.05, 0.1) is 18.8 Å². The van der Waals surface area contributed by atoms with E-state index in [4.69, 9.17) is 10.8 Å². The van der Waals surface area contributed by atoms with Gasteiger partial charge in [-0.3, -0.25) is 4.79 Å². The van der Waals surface area contributed by atoms with E-state index in [-0.39, 0.29) is 18.6 Å². The van der Waals surface area contributed by atoms with E-state index in [1.165, 1.54) is 0 Å². The van der Waals surface area contributed by atoms with Gasteiger partial charge < -0.3 is 20.8 Å². The average molecular weight is 230 g/mol. The lowest BCUT2D eigenvalue weighted by molar-refractivity contribution is -0.133. The summed E-state index contributed by atoms with van der Waals surface area (Å²) >= 11 is 0. The van der Waals surface area contributed by atoms with Crippen LogP contribution in [0, 0.1) is 0 Å². The third-order valence-corrected chi connectivity index (χ3v) is 3.02. The number of nitrogens with two attached hydrogens (primary N) is 1. The standard InChI is InChI=1S/C11H22N2O3/c12-5-3-1-2-4-11(16)13-7-10(15)6-9(13)8-14/h9-10,14-15H,1-8,12H2/t9-,10?/m0/s1. The topological polar surface area (TPSA) is 86.8 Å². The van der Waals surface area contributed by atoms with Crippen LogP contribution in [0.15, 0.2) is 0 Å². The van der Waals surface area contributed by atoms with E-state index in [0.29, 0.717) is 25.9 Å². The number of hydrogen-bond acceptors (Lipinski definition) is 4. The molecule has 0 spiro atoms. The van der Waals surface area contributed by atoms with Crippen LogP contribution in [0.3, 0.4) is 0 Å². The molecular weight excluding hydrogens is 208 g/mol. The SMILES string of the molecule is NCCCCCC(=O)N1CC(O)C[C@H]1CO. The molecule has 0 aliphatic carbocycles. The van der Waals surface area contributed by atoms with Crippen molar-refractivity contribution in [2.24, 2.45) is 5.73 Å². The largest absolute Gasteiger partial charge is 0.394 e. The van der Waals surface area contributed by atoms with Gasteiger partial charge in [0.1, 0.15) is 0 Å². The lowest BCUT2D eigenvalue weighted by Crippen LogP contribution is -2.37. The highest BCUT2D eigenvalue weighted by atomic mass is 16.3. The molecule has 2 atom stereocenters. The minimum atomic E-state index is -0.481. The minimum Gasteiger partial charge on any atom is -0.394 e. The molecule has 0 aromatic carbocycles. The molecule has 1 fully saturated rings. The number of carbonyl (C=O) groups excluding carboxylic acids is 1. The second-order valence-corrected chi connectivity index (χ2v) is 4.37. The monoisotopic (exact) mass is 230 g/mol. The molecule has 16 heavy (non-hydrogen) atoms. The molecule has 4 N–H and O–H groups in total. The van der Waals surface area contributed by atoms with Crippen molar-refractivity contribution < 1.29 is 15.0 Å². The van der Waals surface area contributed by atoms with Crippen molar-refractivity contribution in [1.29, 1.82) is 0 Å². The zero-order valence-corrected chi connectivity index (χ0v) is 9.64. The maximum Gasteiger partial charge on any atom is 0.222 e. The predicted molar refractivity (Wildman–Crippen MR) is 60.7 cm³/mol. The molecule has 94 valence electrons. The molecule has 1 aliphatic heterocycles. The summed E-state index contributed by atoms with van der Waals surface area (Å²) < 4.78 is 0. The van der Waals surface area contributed by atoms with Crippen molar-refractivity contribution in [2.45, 2.75) is 44.2 Å². The molecule has 1 rings (SSSR count). The first-order chi connectivity index (χ1) is 7.69. The Morgan fingerprint density at radius 2 is 2.12 bits per heavy atom. The highest BCUT2D eigenvalue weighted by Gasteiger charge is 2.33. The summed E-state index contributed by atoms with van der Waals surface area (Å²) in [6.07, 6.45) is 3.24. The number of aliphatic hydroxyl groups excluding tert-OH is 2. The fourth-order valence-corrected chi connectivity index (χ4v) is 2.11. The molecule has 0 saturated carbocycles. The van der Waals surface area contributed by atoms with Crippen molar-refractivity contribution >= 4 is 5.91 Å². The predicted octanol–water partition coefficient (Wildman–Crippen LogP) is -0.540. The molecule has 1 heterocycles. The normalized spacial score (nSPS) is 25.1. The fourth-order valence-electron chi connectivity index (χ4n) is 2.11. The van der Waals surface area contributed by atoms with Crippen LogP contribution in [0.1, 0.15) is 32.1 Å². The van der Waals surface area contributed by atoms with Crippen LogP contribution in [-0.4, -0.2) is 52.9 Å². The number of β-amino-alcohol motifs (C(OH)–C–C–N with tert-alkyl or cyclic N) is 1. The van der Waals surface area contributed by atoms with E-state index in [0.717, 1.165) is 19.3 Å². The summed E-state index contributed by atoms with van der Waals surface area (Å²) in [6, 6.07) is -0.197. The molecule has 5 nitrogen and oxygen atoms in total. The number of nitrogens with zero attached hydrogens (tertiary/aromatic N) is 1. The number of carbonyl (C=O) groups is 1. The Hall–Kier alpha value is -0.650. The van der Waals surface area contributed by atoms with Gasteiger partial charge in [0, 0.05) is 13.0 Å². The van der Waals surface area contributed by atoms with E-state index >= 15 is 0 Å². The van der Waals surface area contributed by atoms with Gasteiger partial charge in [-0.2, -0.15) is 0 Å². The maximum absolute atomic E-state index is 11.8. The van der Waals surface area contributed by atoms with Crippen LogP contribution in [0.4, 0.5) is 0 Å². The van der Waals surface area contributed by atoms with Crippen molar-refractivity contribution in [1.82, 2.24) is 4.90 Å². The van der Waals surface area contributed by atoms with Gasteiger partial charge in [-0.05, 0) is 25.8 Å². The Kier molecular flexibility index (Phi) is 5.73. The van der Waals surface area contributed by atoms with Crippen molar-refractivity contribution in [3.63, 3.8) is 0 Å². The van der Waals surface area contributed by atoms with Gasteiger partial charge in [0.15, 0.2) is 0 Å². The summed E-state index contributed by atoms with van der Waals surface area (Å²) in [4.78, 5) is 13.4. The van der Waals surface area contributed by atoms with Gasteiger partial charge in [0.2, 0.25) is 5.91 Å². The summed E-state index contributed by atoms with van der Waals surface area (Å²) in [7, 11) is 0. The maximum atomic E-state index is 11.8. The van der Waals surface area contributed by atoms with E-state index in [1.807, 2.05) is 0 Å². The molecule has 1 aliphatic rings. The van der Waals surface area contributed by atoms with Gasteiger partial charge >= 0.3 is 0 Å². The molecule has 1 unspecified atom stereocenters. The third kappa shape index (κ3) is 3.73. The van der Waals surface area contributed by atoms with Crippen molar-refractivity contribution in [2.75, 3.05) is 19.7 Å². The summed E-state index contributed by atoms with van der Waals surface area (Å²) in [6.45, 7) is 0.961. The average Bonchev–Trinajstić information content (AvgIpc) is 2.65. The summed E-state index contributed by atoms with van der Waals surface area (Å²) in [5.74, 6) is 0.0348. The highest BCUT2D eigenvalue weighted by molar-refractivity contribution is 5.76. The first-order valence-electron chi connectivity index (χ1n) is 5.97. The quantitative estimate of drug-likeness (QED) is 0.535. The molecule has 0 bridgehead atoms. The smallest absolute Gasteiger partial charge is 0.222 e. The highest BCUT2D eigenvalue weighted by Crippen LogP contribution is 2.19. The van der Waals surface area contributed by atoms with E-state index < -0.39 is 6.10 Å². The second-order valence-electron chi connectivity index (χ2n) is 4.37. The Balaban J connectivity index is 2.29. The summed E-state index contributed by atoms with van der Waals surface area (Å²) in [5.41, 5.74) is 5.37. The number of aliphatic hydroxyl groups is 2. The summed E-state index contributed by atoms with van der Waals surface area (Å²) in [5, 5.41) is 18.5. The molecule has 0 aromatic heterocycles. The van der Waals surface area contributed by atoms with E-state index in [2.05, 4.69) is 0 Å². The fraction of sp³-hybridized carbons (Fsp3) is 0.909. The molecule has 5 heteroatoms. The van der Waals surface area contributed by atoms with Crippen LogP contribution in [0.25, 0.3) is 0 Å². The van der Waals surface area contributed by atoms with Crippen LogP contribution in [-0.2, 0) is 4.79 Å². The van der Waals surface area contributed by atoms with Gasteiger partial charge in [-0.15, -0.1) is 0 Å². The Morgan fingerprint density at radius 3 is 2.75 bits per heavy atom. The number of hydrogen-bond donors (Lipinski definition) is 3. The Labute approximate surface area is 96.2 Å². The minimum absolute atomic E-state index is 0.0348. The van der Waals surface area contributed by atoms with Crippen LogP contribution in [0.2, 0.25) is 0 Å². The van der Waals surface area contributed by atoms with Gasteiger partial charge in [0.25, 0.3) is 0 Å². The first kappa shape index (κ1) is 13.4. The van der Waals surface area contributed by atoms with E-state index in [1.54, 1.807) is 4.90 Å². The molecule has 1 amide bonds. The number of unbranched alkanes of at least 4 members (excludes halogenated alkanes) is 2. The molecular formula is C11H22N2O3. The zero-order chi connectivity index (χ0) is 12.0. The molecule has 0 aromatic rings.